The SMILES string of the molecule is Cc1c[nH]c(=O)c2cccc(SN3CCc4ncc(C#N)cc43)c12. The van der Waals surface area contributed by atoms with Gasteiger partial charge in [-0.25, -0.2) is 0 Å². The van der Waals surface area contributed by atoms with E-state index >= 15 is 0 Å². The Hall–Kier alpha value is -2.78. The molecule has 2 aromatic heterocycles. The number of aromatic amines is 1. The Balaban J connectivity index is 1.79. The van der Waals surface area contributed by atoms with Crippen LogP contribution in [-0.2, 0) is 6.42 Å². The molecule has 1 aliphatic heterocycles. The van der Waals surface area contributed by atoms with Crippen LogP contribution in [-0.4, -0.2) is 16.5 Å². The van der Waals surface area contributed by atoms with Gasteiger partial charge < -0.3 is 9.29 Å². The Labute approximate surface area is 143 Å². The second kappa shape index (κ2) is 5.69. The number of benzene rings is 1. The highest BCUT2D eigenvalue weighted by Crippen LogP contribution is 2.38. The summed E-state index contributed by atoms with van der Waals surface area (Å²) in [5.41, 5.74) is 3.52. The number of pyridine rings is 2. The molecule has 0 spiro atoms. The van der Waals surface area contributed by atoms with Crippen molar-refractivity contribution in [1.82, 2.24) is 9.97 Å². The molecular formula is C18H14N4OS. The van der Waals surface area contributed by atoms with Crippen molar-refractivity contribution in [3.05, 3.63) is 63.8 Å². The summed E-state index contributed by atoms with van der Waals surface area (Å²) in [5.74, 6) is 0. The molecule has 3 aromatic rings. The molecule has 0 amide bonds. The quantitative estimate of drug-likeness (QED) is 0.729. The van der Waals surface area contributed by atoms with Crippen LogP contribution in [0.15, 0.2) is 46.3 Å². The van der Waals surface area contributed by atoms with Gasteiger partial charge >= 0.3 is 0 Å². The molecule has 0 unspecified atom stereocenters. The first-order chi connectivity index (χ1) is 11.7. The molecular weight excluding hydrogens is 320 g/mol. The molecule has 6 heteroatoms. The van der Waals surface area contributed by atoms with Gasteiger partial charge in [0.25, 0.3) is 5.56 Å². The number of H-pyrrole nitrogens is 1. The third-order valence-electron chi connectivity index (χ3n) is 4.19. The van der Waals surface area contributed by atoms with E-state index in [0.717, 1.165) is 40.2 Å². The molecule has 0 saturated heterocycles. The molecule has 1 N–H and O–H groups in total. The van der Waals surface area contributed by atoms with Gasteiger partial charge in [-0.05, 0) is 42.6 Å². The first kappa shape index (κ1) is 14.8. The van der Waals surface area contributed by atoms with Crippen LogP contribution in [0.3, 0.4) is 0 Å². The third-order valence-corrected chi connectivity index (χ3v) is 5.33. The minimum absolute atomic E-state index is 0.0756. The van der Waals surface area contributed by atoms with Gasteiger partial charge in [-0.1, -0.05) is 6.07 Å². The number of rotatable bonds is 2. The van der Waals surface area contributed by atoms with Crippen LogP contribution >= 0.6 is 11.9 Å². The van der Waals surface area contributed by atoms with E-state index in [1.165, 1.54) is 0 Å². The van der Waals surface area contributed by atoms with Gasteiger partial charge in [0.15, 0.2) is 0 Å². The average molecular weight is 334 g/mol. The monoisotopic (exact) mass is 334 g/mol. The fourth-order valence-corrected chi connectivity index (χ4v) is 4.20. The fraction of sp³-hybridized carbons (Fsp3) is 0.167. The molecule has 1 aromatic carbocycles. The number of fused-ring (bicyclic) bond motifs is 2. The fourth-order valence-electron chi connectivity index (χ4n) is 3.02. The smallest absolute Gasteiger partial charge is 0.255 e. The lowest BCUT2D eigenvalue weighted by atomic mass is 10.1. The lowest BCUT2D eigenvalue weighted by Crippen LogP contribution is -2.11. The summed E-state index contributed by atoms with van der Waals surface area (Å²) in [7, 11) is 0. The Morgan fingerprint density at radius 1 is 1.42 bits per heavy atom. The molecule has 0 radical (unpaired) electrons. The minimum atomic E-state index is -0.0756. The van der Waals surface area contributed by atoms with Gasteiger partial charge in [0, 0.05) is 41.0 Å². The van der Waals surface area contributed by atoms with Crippen molar-refractivity contribution in [2.24, 2.45) is 0 Å². The highest BCUT2D eigenvalue weighted by molar-refractivity contribution is 8.00. The van der Waals surface area contributed by atoms with Crippen molar-refractivity contribution in [3.63, 3.8) is 0 Å². The predicted octanol–water partition coefficient (Wildman–Crippen LogP) is 3.17. The summed E-state index contributed by atoms with van der Waals surface area (Å²) in [6.45, 7) is 2.83. The Morgan fingerprint density at radius 2 is 2.29 bits per heavy atom. The van der Waals surface area contributed by atoms with Crippen molar-refractivity contribution in [2.75, 3.05) is 10.8 Å². The molecule has 118 valence electrons. The molecule has 0 atom stereocenters. The van der Waals surface area contributed by atoms with E-state index in [-0.39, 0.29) is 5.56 Å². The van der Waals surface area contributed by atoms with Crippen LogP contribution in [0.5, 0.6) is 0 Å². The van der Waals surface area contributed by atoms with Gasteiger partial charge in [-0.3, -0.25) is 9.78 Å². The maximum atomic E-state index is 12.1. The summed E-state index contributed by atoms with van der Waals surface area (Å²) >= 11 is 1.60. The summed E-state index contributed by atoms with van der Waals surface area (Å²) in [6, 6.07) is 9.80. The zero-order valence-electron chi connectivity index (χ0n) is 13.0. The van der Waals surface area contributed by atoms with Crippen molar-refractivity contribution < 1.29 is 0 Å². The van der Waals surface area contributed by atoms with Crippen LogP contribution in [0.4, 0.5) is 5.69 Å². The summed E-state index contributed by atoms with van der Waals surface area (Å²) in [6.07, 6.45) is 4.23. The largest absolute Gasteiger partial charge is 0.328 e. The van der Waals surface area contributed by atoms with Crippen molar-refractivity contribution in [3.8, 4) is 6.07 Å². The van der Waals surface area contributed by atoms with Crippen LogP contribution in [0, 0.1) is 18.3 Å². The summed E-state index contributed by atoms with van der Waals surface area (Å²) in [4.78, 5) is 20.3. The van der Waals surface area contributed by atoms with E-state index < -0.39 is 0 Å². The van der Waals surface area contributed by atoms with Crippen LogP contribution in [0.25, 0.3) is 10.8 Å². The summed E-state index contributed by atoms with van der Waals surface area (Å²) in [5, 5.41) is 10.8. The number of aryl methyl sites for hydroxylation is 1. The Morgan fingerprint density at radius 3 is 3.12 bits per heavy atom. The first-order valence-corrected chi connectivity index (χ1v) is 8.40. The second-order valence-corrected chi connectivity index (χ2v) is 6.79. The topological polar surface area (TPSA) is 72.8 Å². The lowest BCUT2D eigenvalue weighted by molar-refractivity contribution is 1.01. The molecule has 4 rings (SSSR count). The van der Waals surface area contributed by atoms with Crippen LogP contribution in [0.2, 0.25) is 0 Å². The molecule has 5 nitrogen and oxygen atoms in total. The molecule has 1 aliphatic rings. The van der Waals surface area contributed by atoms with E-state index in [9.17, 15) is 4.79 Å². The van der Waals surface area contributed by atoms with Crippen LogP contribution < -0.4 is 9.86 Å². The molecule has 0 bridgehead atoms. The maximum Gasteiger partial charge on any atom is 0.255 e. The zero-order valence-corrected chi connectivity index (χ0v) is 13.9. The molecule has 0 fully saturated rings. The lowest BCUT2D eigenvalue weighted by Gasteiger charge is -2.19. The zero-order chi connectivity index (χ0) is 16.7. The van der Waals surface area contributed by atoms with Crippen LogP contribution in [0.1, 0.15) is 16.8 Å². The summed E-state index contributed by atoms with van der Waals surface area (Å²) < 4.78 is 2.15. The highest BCUT2D eigenvalue weighted by Gasteiger charge is 2.23. The molecule has 0 saturated carbocycles. The van der Waals surface area contributed by atoms with Gasteiger partial charge in [0.2, 0.25) is 0 Å². The minimum Gasteiger partial charge on any atom is -0.328 e. The van der Waals surface area contributed by atoms with E-state index in [0.29, 0.717) is 10.9 Å². The van der Waals surface area contributed by atoms with Crippen molar-refractivity contribution in [2.45, 2.75) is 18.2 Å². The highest BCUT2D eigenvalue weighted by atomic mass is 32.2. The van der Waals surface area contributed by atoms with Gasteiger partial charge in [-0.2, -0.15) is 5.26 Å². The molecule has 0 aliphatic carbocycles. The van der Waals surface area contributed by atoms with E-state index in [1.54, 1.807) is 24.3 Å². The number of nitrogens with one attached hydrogen (secondary N) is 1. The number of anilines is 1. The van der Waals surface area contributed by atoms with Gasteiger partial charge in [0.1, 0.15) is 6.07 Å². The van der Waals surface area contributed by atoms with Crippen molar-refractivity contribution in [1.29, 1.82) is 5.26 Å². The number of nitrogens with zero attached hydrogens (tertiary/aromatic N) is 3. The standard InChI is InChI=1S/C18H14N4OS/c1-11-9-21-18(23)13-3-2-4-16(17(11)13)24-22-6-5-14-15(22)7-12(8-19)10-20-14/h2-4,7,9-10H,5-6H2,1H3,(H,21,23). The van der Waals surface area contributed by atoms with Gasteiger partial charge in [0.05, 0.1) is 16.9 Å². The van der Waals surface area contributed by atoms with E-state index in [4.69, 9.17) is 5.26 Å². The predicted molar refractivity (Wildman–Crippen MR) is 95.2 cm³/mol. The number of hydrogen-bond acceptors (Lipinski definition) is 5. The second-order valence-electron chi connectivity index (χ2n) is 5.72. The normalized spacial score (nSPS) is 13.1. The Kier molecular flexibility index (Phi) is 3.51. The third kappa shape index (κ3) is 2.34. The molecule has 3 heterocycles. The number of hydrogen-bond donors (Lipinski definition) is 1. The van der Waals surface area contributed by atoms with Crippen molar-refractivity contribution >= 4 is 28.4 Å². The molecule has 24 heavy (non-hydrogen) atoms. The average Bonchev–Trinajstić information content (AvgIpc) is 3.00. The number of nitriles is 1. The first-order valence-electron chi connectivity index (χ1n) is 7.63. The van der Waals surface area contributed by atoms with E-state index in [2.05, 4.69) is 20.3 Å². The maximum absolute atomic E-state index is 12.1. The van der Waals surface area contributed by atoms with E-state index in [1.807, 2.05) is 31.2 Å². The number of aromatic nitrogens is 2. The van der Waals surface area contributed by atoms with Gasteiger partial charge in [-0.15, -0.1) is 0 Å². The Bertz CT molecular complexity index is 1050.